The van der Waals surface area contributed by atoms with E-state index in [0.29, 0.717) is 11.3 Å². The van der Waals surface area contributed by atoms with E-state index in [-0.39, 0.29) is 5.56 Å². The molecule has 6 nitrogen and oxygen atoms in total. The first-order valence-electron chi connectivity index (χ1n) is 6.47. The van der Waals surface area contributed by atoms with Gasteiger partial charge in [0.15, 0.2) is 0 Å². The standard InChI is InChI=1S/C16H14N2O4/c17-14(19)13(10-6-8-11(9-7-10)16(21)22)15(20)18-12-4-2-1-3-5-12/h1-9,13H,(H2,17,19)(H,18,20)(H,21,22)/t13-/m1/s1. The second kappa shape index (κ2) is 6.53. The number of aromatic carboxylic acids is 1. The lowest BCUT2D eigenvalue weighted by Crippen LogP contribution is -2.32. The lowest BCUT2D eigenvalue weighted by Gasteiger charge is -2.14. The van der Waals surface area contributed by atoms with E-state index in [4.69, 9.17) is 10.8 Å². The summed E-state index contributed by atoms with van der Waals surface area (Å²) in [7, 11) is 0. The van der Waals surface area contributed by atoms with Gasteiger partial charge in [0.05, 0.1) is 5.56 Å². The fourth-order valence-electron chi connectivity index (χ4n) is 2.00. The van der Waals surface area contributed by atoms with Crippen LogP contribution in [-0.4, -0.2) is 22.9 Å². The second-order valence-electron chi connectivity index (χ2n) is 4.62. The van der Waals surface area contributed by atoms with Crippen LogP contribution in [0.15, 0.2) is 54.6 Å². The number of nitrogens with two attached hydrogens (primary N) is 1. The number of amides is 2. The highest BCUT2D eigenvalue weighted by atomic mass is 16.4. The molecule has 0 bridgehead atoms. The third-order valence-corrected chi connectivity index (χ3v) is 3.08. The molecular formula is C16H14N2O4. The molecule has 0 aliphatic carbocycles. The van der Waals surface area contributed by atoms with Gasteiger partial charge in [0.2, 0.25) is 11.8 Å². The van der Waals surface area contributed by atoms with E-state index in [0.717, 1.165) is 0 Å². The molecule has 0 spiro atoms. The molecule has 2 aromatic rings. The van der Waals surface area contributed by atoms with Gasteiger partial charge in [0.1, 0.15) is 5.92 Å². The molecule has 0 saturated carbocycles. The fourth-order valence-corrected chi connectivity index (χ4v) is 2.00. The maximum Gasteiger partial charge on any atom is 0.335 e. The summed E-state index contributed by atoms with van der Waals surface area (Å²) in [6.07, 6.45) is 0. The smallest absolute Gasteiger partial charge is 0.335 e. The summed E-state index contributed by atoms with van der Waals surface area (Å²) in [5.41, 5.74) is 6.25. The van der Waals surface area contributed by atoms with Crippen LogP contribution in [0.4, 0.5) is 5.69 Å². The van der Waals surface area contributed by atoms with E-state index in [1.807, 2.05) is 0 Å². The summed E-state index contributed by atoms with van der Waals surface area (Å²) >= 11 is 0. The Morgan fingerprint density at radius 3 is 2.05 bits per heavy atom. The molecule has 2 rings (SSSR count). The maximum atomic E-state index is 12.2. The minimum absolute atomic E-state index is 0.0652. The van der Waals surface area contributed by atoms with Gasteiger partial charge in [-0.15, -0.1) is 0 Å². The Labute approximate surface area is 126 Å². The maximum absolute atomic E-state index is 12.2. The number of hydrogen-bond acceptors (Lipinski definition) is 3. The van der Waals surface area contributed by atoms with Crippen molar-refractivity contribution < 1.29 is 19.5 Å². The normalized spacial score (nSPS) is 11.5. The van der Waals surface area contributed by atoms with Crippen molar-refractivity contribution in [3.8, 4) is 0 Å². The first-order chi connectivity index (χ1) is 10.5. The molecule has 2 aromatic carbocycles. The van der Waals surface area contributed by atoms with Crippen LogP contribution in [0.5, 0.6) is 0 Å². The van der Waals surface area contributed by atoms with Gasteiger partial charge >= 0.3 is 5.97 Å². The van der Waals surface area contributed by atoms with Crippen molar-refractivity contribution >= 4 is 23.5 Å². The molecule has 0 heterocycles. The van der Waals surface area contributed by atoms with Crippen LogP contribution in [0.1, 0.15) is 21.8 Å². The number of hydrogen-bond donors (Lipinski definition) is 3. The Kier molecular flexibility index (Phi) is 4.53. The molecule has 0 saturated heterocycles. The minimum Gasteiger partial charge on any atom is -0.478 e. The van der Waals surface area contributed by atoms with E-state index < -0.39 is 23.7 Å². The predicted molar refractivity (Wildman–Crippen MR) is 80.4 cm³/mol. The summed E-state index contributed by atoms with van der Waals surface area (Å²) < 4.78 is 0. The Balaban J connectivity index is 2.24. The average molecular weight is 298 g/mol. The van der Waals surface area contributed by atoms with Crippen molar-refractivity contribution in [2.24, 2.45) is 5.73 Å². The number of carbonyl (C=O) groups is 3. The van der Waals surface area contributed by atoms with Gasteiger partial charge in [-0.05, 0) is 29.8 Å². The molecule has 0 aliphatic heterocycles. The molecule has 0 radical (unpaired) electrons. The van der Waals surface area contributed by atoms with Crippen LogP contribution in [0.3, 0.4) is 0 Å². The highest BCUT2D eigenvalue weighted by Gasteiger charge is 2.26. The molecule has 1 atom stereocenters. The predicted octanol–water partition coefficient (Wildman–Crippen LogP) is 1.59. The second-order valence-corrected chi connectivity index (χ2v) is 4.62. The van der Waals surface area contributed by atoms with Gasteiger partial charge < -0.3 is 16.2 Å². The number of para-hydroxylation sites is 1. The van der Waals surface area contributed by atoms with E-state index >= 15 is 0 Å². The summed E-state index contributed by atoms with van der Waals surface area (Å²) in [6.45, 7) is 0. The molecule has 112 valence electrons. The number of carboxylic acid groups (broad SMARTS) is 1. The largest absolute Gasteiger partial charge is 0.478 e. The number of benzene rings is 2. The molecule has 2 amide bonds. The third kappa shape index (κ3) is 3.49. The van der Waals surface area contributed by atoms with Crippen LogP contribution in [-0.2, 0) is 9.59 Å². The van der Waals surface area contributed by atoms with Crippen LogP contribution >= 0.6 is 0 Å². The number of nitrogens with one attached hydrogen (secondary N) is 1. The first-order valence-corrected chi connectivity index (χ1v) is 6.47. The molecule has 0 aromatic heterocycles. The average Bonchev–Trinajstić information content (AvgIpc) is 2.48. The van der Waals surface area contributed by atoms with Crippen LogP contribution < -0.4 is 11.1 Å². The summed E-state index contributed by atoms with van der Waals surface area (Å²) in [5.74, 6) is -3.66. The van der Waals surface area contributed by atoms with Crippen molar-refractivity contribution in [2.45, 2.75) is 5.92 Å². The lowest BCUT2D eigenvalue weighted by atomic mass is 9.96. The minimum atomic E-state index is -1.19. The van der Waals surface area contributed by atoms with Crippen molar-refractivity contribution in [1.29, 1.82) is 0 Å². The van der Waals surface area contributed by atoms with Crippen LogP contribution in [0.25, 0.3) is 0 Å². The molecule has 6 heteroatoms. The zero-order valence-corrected chi connectivity index (χ0v) is 11.5. The summed E-state index contributed by atoms with van der Waals surface area (Å²) in [5, 5.41) is 11.5. The Bertz CT molecular complexity index is 696. The highest BCUT2D eigenvalue weighted by molar-refractivity contribution is 6.10. The van der Waals surface area contributed by atoms with Crippen molar-refractivity contribution in [3.63, 3.8) is 0 Å². The number of primary amides is 1. The molecule has 0 fully saturated rings. The van der Waals surface area contributed by atoms with Gasteiger partial charge in [-0.3, -0.25) is 9.59 Å². The van der Waals surface area contributed by atoms with Gasteiger partial charge in [-0.1, -0.05) is 30.3 Å². The SMILES string of the molecule is NC(=O)[C@H](C(=O)Nc1ccccc1)c1ccc(C(=O)O)cc1. The van der Waals surface area contributed by atoms with Crippen molar-refractivity contribution in [3.05, 3.63) is 65.7 Å². The zero-order chi connectivity index (χ0) is 16.1. The topological polar surface area (TPSA) is 109 Å². The molecule has 0 unspecified atom stereocenters. The fraction of sp³-hybridized carbons (Fsp3) is 0.0625. The Morgan fingerprint density at radius 1 is 0.955 bits per heavy atom. The number of anilines is 1. The van der Waals surface area contributed by atoms with Gasteiger partial charge in [0.25, 0.3) is 0 Å². The zero-order valence-electron chi connectivity index (χ0n) is 11.5. The molecule has 22 heavy (non-hydrogen) atoms. The number of carboxylic acids is 1. The molecular weight excluding hydrogens is 284 g/mol. The van der Waals surface area contributed by atoms with Gasteiger partial charge in [-0.25, -0.2) is 4.79 Å². The van der Waals surface area contributed by atoms with Crippen LogP contribution in [0.2, 0.25) is 0 Å². The van der Waals surface area contributed by atoms with E-state index in [1.54, 1.807) is 30.3 Å². The molecule has 0 aliphatic rings. The lowest BCUT2D eigenvalue weighted by molar-refractivity contribution is -0.127. The van der Waals surface area contributed by atoms with Crippen molar-refractivity contribution in [1.82, 2.24) is 0 Å². The van der Waals surface area contributed by atoms with Gasteiger partial charge in [0, 0.05) is 5.69 Å². The number of rotatable bonds is 5. The van der Waals surface area contributed by atoms with E-state index in [1.165, 1.54) is 24.3 Å². The first kappa shape index (κ1) is 15.2. The number of carbonyl (C=O) groups excluding carboxylic acids is 2. The highest BCUT2D eigenvalue weighted by Crippen LogP contribution is 2.19. The van der Waals surface area contributed by atoms with E-state index in [2.05, 4.69) is 5.32 Å². The summed E-state index contributed by atoms with van der Waals surface area (Å²) in [4.78, 5) is 34.7. The monoisotopic (exact) mass is 298 g/mol. The molecule has 4 N–H and O–H groups in total. The quantitative estimate of drug-likeness (QED) is 0.728. The van der Waals surface area contributed by atoms with E-state index in [9.17, 15) is 14.4 Å². The Hall–Kier alpha value is -3.15. The Morgan fingerprint density at radius 2 is 1.55 bits per heavy atom. The van der Waals surface area contributed by atoms with Crippen LogP contribution in [0, 0.1) is 0 Å². The van der Waals surface area contributed by atoms with Gasteiger partial charge in [-0.2, -0.15) is 0 Å². The van der Waals surface area contributed by atoms with Crippen molar-refractivity contribution in [2.75, 3.05) is 5.32 Å². The third-order valence-electron chi connectivity index (χ3n) is 3.08. The summed E-state index contributed by atoms with van der Waals surface area (Å²) in [6, 6.07) is 14.1.